The molecule has 3 N–H and O–H groups in total. The zero-order valence-electron chi connectivity index (χ0n) is 11.5. The van der Waals surface area contributed by atoms with Gasteiger partial charge in [0.2, 0.25) is 10.0 Å². The van der Waals surface area contributed by atoms with Crippen molar-refractivity contribution in [3.8, 4) is 0 Å². The molecule has 0 amide bonds. The van der Waals surface area contributed by atoms with Crippen LogP contribution in [0.5, 0.6) is 0 Å². The van der Waals surface area contributed by atoms with Crippen LogP contribution in [-0.2, 0) is 16.4 Å². The molecule has 1 atom stereocenters. The second-order valence-electron chi connectivity index (χ2n) is 4.82. The molecule has 0 spiro atoms. The van der Waals surface area contributed by atoms with E-state index in [1.54, 1.807) is 31.4 Å². The van der Waals surface area contributed by atoms with Gasteiger partial charge in [0.05, 0.1) is 11.2 Å². The molecule has 0 fully saturated rings. The molecule has 2 aromatic rings. The molecule has 1 unspecified atom stereocenters. The lowest BCUT2D eigenvalue weighted by Crippen LogP contribution is -2.34. The van der Waals surface area contributed by atoms with Gasteiger partial charge >= 0.3 is 0 Å². The van der Waals surface area contributed by atoms with Crippen LogP contribution in [0.2, 0.25) is 0 Å². The number of sulfonamides is 1. The van der Waals surface area contributed by atoms with Gasteiger partial charge in [-0.05, 0) is 43.7 Å². The van der Waals surface area contributed by atoms with Crippen molar-refractivity contribution < 1.29 is 12.8 Å². The first-order chi connectivity index (χ1) is 9.38. The lowest BCUT2D eigenvalue weighted by Gasteiger charge is -2.13. The number of anilines is 1. The van der Waals surface area contributed by atoms with E-state index >= 15 is 0 Å². The average Bonchev–Trinajstić information content (AvgIpc) is 2.84. The summed E-state index contributed by atoms with van der Waals surface area (Å²) >= 11 is 0. The summed E-state index contributed by atoms with van der Waals surface area (Å²) < 4.78 is 32.3. The highest BCUT2D eigenvalue weighted by Gasteiger charge is 2.18. The van der Waals surface area contributed by atoms with Crippen LogP contribution in [0.1, 0.15) is 18.2 Å². The zero-order chi connectivity index (χ0) is 14.8. The second-order valence-corrected chi connectivity index (χ2v) is 6.54. The van der Waals surface area contributed by atoms with E-state index < -0.39 is 10.0 Å². The first-order valence-electron chi connectivity index (χ1n) is 6.29. The highest BCUT2D eigenvalue weighted by molar-refractivity contribution is 7.89. The van der Waals surface area contributed by atoms with Crippen molar-refractivity contribution in [1.29, 1.82) is 0 Å². The first kappa shape index (κ1) is 14.6. The lowest BCUT2D eigenvalue weighted by molar-refractivity contribution is 0.479. The summed E-state index contributed by atoms with van der Waals surface area (Å²) in [5, 5.41) is 0. The zero-order valence-corrected chi connectivity index (χ0v) is 12.3. The topological polar surface area (TPSA) is 85.3 Å². The van der Waals surface area contributed by atoms with Crippen LogP contribution in [-0.4, -0.2) is 14.5 Å². The van der Waals surface area contributed by atoms with Crippen molar-refractivity contribution in [1.82, 2.24) is 4.72 Å². The Morgan fingerprint density at radius 1 is 1.35 bits per heavy atom. The number of nitrogens with one attached hydrogen (secondary N) is 1. The Bertz CT molecular complexity index is 678. The molecule has 5 nitrogen and oxygen atoms in total. The van der Waals surface area contributed by atoms with E-state index in [9.17, 15) is 8.42 Å². The van der Waals surface area contributed by atoms with Gasteiger partial charge in [0, 0.05) is 18.2 Å². The molecule has 6 heteroatoms. The van der Waals surface area contributed by atoms with E-state index in [1.165, 1.54) is 6.07 Å². The molecule has 2 rings (SSSR count). The molecular weight excluding hydrogens is 276 g/mol. The molecule has 0 aliphatic heterocycles. The van der Waals surface area contributed by atoms with Crippen molar-refractivity contribution in [2.75, 3.05) is 5.73 Å². The highest BCUT2D eigenvalue weighted by Crippen LogP contribution is 2.17. The Hall–Kier alpha value is -1.79. The summed E-state index contributed by atoms with van der Waals surface area (Å²) in [4.78, 5) is 0.173. The maximum absolute atomic E-state index is 12.2. The van der Waals surface area contributed by atoms with E-state index in [-0.39, 0.29) is 10.9 Å². The smallest absolute Gasteiger partial charge is 0.240 e. The normalized spacial score (nSPS) is 13.3. The van der Waals surface area contributed by atoms with Crippen LogP contribution in [0.25, 0.3) is 0 Å². The summed E-state index contributed by atoms with van der Waals surface area (Å²) in [5.74, 6) is 0.739. The number of nitrogen functional groups attached to an aromatic ring is 1. The van der Waals surface area contributed by atoms with Gasteiger partial charge in [0.1, 0.15) is 5.76 Å². The number of rotatable bonds is 5. The highest BCUT2D eigenvalue weighted by atomic mass is 32.2. The molecule has 0 saturated carbocycles. The van der Waals surface area contributed by atoms with Crippen molar-refractivity contribution in [2.45, 2.75) is 31.2 Å². The van der Waals surface area contributed by atoms with Gasteiger partial charge in [-0.25, -0.2) is 13.1 Å². The fourth-order valence-corrected chi connectivity index (χ4v) is 3.17. The Morgan fingerprint density at radius 2 is 2.10 bits per heavy atom. The molecule has 1 aromatic carbocycles. The molecular formula is C14H18N2O3S. The van der Waals surface area contributed by atoms with Gasteiger partial charge in [-0.1, -0.05) is 6.07 Å². The minimum atomic E-state index is -3.57. The van der Waals surface area contributed by atoms with E-state index in [4.69, 9.17) is 10.2 Å². The maximum atomic E-state index is 12.2. The van der Waals surface area contributed by atoms with Gasteiger partial charge in [-0.2, -0.15) is 0 Å². The van der Waals surface area contributed by atoms with Crippen LogP contribution in [0, 0.1) is 6.92 Å². The SMILES string of the molecule is Cc1ccc(S(=O)(=O)NC(C)Cc2ccco2)cc1N. The van der Waals surface area contributed by atoms with Gasteiger partial charge in [0.25, 0.3) is 0 Å². The monoisotopic (exact) mass is 294 g/mol. The summed E-state index contributed by atoms with van der Waals surface area (Å²) in [6.45, 7) is 3.62. The standard InChI is InChI=1S/C14H18N2O3S/c1-10-5-6-13(9-14(10)15)20(17,18)16-11(2)8-12-4-3-7-19-12/h3-7,9,11,16H,8,15H2,1-2H3. The Balaban J connectivity index is 2.12. The molecule has 108 valence electrons. The third-order valence-corrected chi connectivity index (χ3v) is 4.59. The van der Waals surface area contributed by atoms with E-state index in [1.807, 2.05) is 13.0 Å². The maximum Gasteiger partial charge on any atom is 0.240 e. The first-order valence-corrected chi connectivity index (χ1v) is 7.77. The Kier molecular flexibility index (Phi) is 4.15. The molecule has 20 heavy (non-hydrogen) atoms. The molecule has 1 heterocycles. The van der Waals surface area contributed by atoms with Crippen molar-refractivity contribution in [3.63, 3.8) is 0 Å². The van der Waals surface area contributed by atoms with Gasteiger partial charge in [0.15, 0.2) is 0 Å². The predicted molar refractivity (Wildman–Crippen MR) is 77.8 cm³/mol. The Labute approximate surface area is 118 Å². The van der Waals surface area contributed by atoms with Crippen LogP contribution in [0.15, 0.2) is 45.9 Å². The molecule has 1 aromatic heterocycles. The second kappa shape index (κ2) is 5.68. The lowest BCUT2D eigenvalue weighted by atomic mass is 10.2. The fraction of sp³-hybridized carbons (Fsp3) is 0.286. The number of aryl methyl sites for hydroxylation is 1. The molecule has 0 bridgehead atoms. The number of benzene rings is 1. The summed E-state index contributed by atoms with van der Waals surface area (Å²) in [5.41, 5.74) is 7.07. The number of nitrogens with two attached hydrogens (primary N) is 1. The van der Waals surface area contributed by atoms with Crippen molar-refractivity contribution in [3.05, 3.63) is 47.9 Å². The number of hydrogen-bond acceptors (Lipinski definition) is 4. The van der Waals surface area contributed by atoms with Crippen LogP contribution < -0.4 is 10.5 Å². The van der Waals surface area contributed by atoms with Crippen LogP contribution in [0.3, 0.4) is 0 Å². The van der Waals surface area contributed by atoms with Crippen molar-refractivity contribution in [2.24, 2.45) is 0 Å². The van der Waals surface area contributed by atoms with Gasteiger partial charge in [-0.15, -0.1) is 0 Å². The van der Waals surface area contributed by atoms with Crippen LogP contribution >= 0.6 is 0 Å². The van der Waals surface area contributed by atoms with Crippen LogP contribution in [0.4, 0.5) is 5.69 Å². The largest absolute Gasteiger partial charge is 0.469 e. The van der Waals surface area contributed by atoms with E-state index in [0.29, 0.717) is 12.1 Å². The molecule has 0 saturated heterocycles. The average molecular weight is 294 g/mol. The fourth-order valence-electron chi connectivity index (χ4n) is 1.89. The number of furan rings is 1. The predicted octanol–water partition coefficient (Wildman–Crippen LogP) is 2.08. The van der Waals surface area contributed by atoms with Gasteiger partial charge in [-0.3, -0.25) is 0 Å². The van der Waals surface area contributed by atoms with E-state index in [2.05, 4.69) is 4.72 Å². The summed E-state index contributed by atoms with van der Waals surface area (Å²) in [6.07, 6.45) is 2.06. The van der Waals surface area contributed by atoms with Crippen molar-refractivity contribution >= 4 is 15.7 Å². The molecule has 0 aliphatic rings. The third-order valence-electron chi connectivity index (χ3n) is 3.00. The quantitative estimate of drug-likeness (QED) is 0.827. The molecule has 0 aliphatic carbocycles. The third kappa shape index (κ3) is 3.40. The summed E-state index contributed by atoms with van der Waals surface area (Å²) in [6, 6.07) is 8.03. The Morgan fingerprint density at radius 3 is 2.70 bits per heavy atom. The molecule has 0 radical (unpaired) electrons. The minimum Gasteiger partial charge on any atom is -0.469 e. The minimum absolute atomic E-state index is 0.173. The number of hydrogen-bond donors (Lipinski definition) is 2. The van der Waals surface area contributed by atoms with E-state index in [0.717, 1.165) is 11.3 Å². The van der Waals surface area contributed by atoms with Gasteiger partial charge < -0.3 is 10.2 Å². The summed E-state index contributed by atoms with van der Waals surface area (Å²) in [7, 11) is -3.57.